The first-order valence-corrected chi connectivity index (χ1v) is 40.0. The number of likely N-dealkylation sites (tertiary alicyclic amines) is 2. The van der Waals surface area contributed by atoms with Gasteiger partial charge in [0.2, 0.25) is 29.4 Å². The molecule has 3 aliphatic heterocycles. The van der Waals surface area contributed by atoms with E-state index in [1.807, 2.05) is 88.6 Å². The van der Waals surface area contributed by atoms with E-state index in [1.54, 1.807) is 64.5 Å². The molecule has 5 amide bonds. The third kappa shape index (κ3) is 22.3. The Bertz CT molecular complexity index is 4850. The van der Waals surface area contributed by atoms with E-state index in [0.29, 0.717) is 93.3 Å². The molecule has 34 nitrogen and oxygen atoms in total. The number of nitrogens with one attached hydrogen (secondary N) is 3. The summed E-state index contributed by atoms with van der Waals surface area (Å²) in [5.41, 5.74) is 4.74. The first-order valence-electron chi connectivity index (χ1n) is 40.0. The van der Waals surface area contributed by atoms with E-state index in [9.17, 15) is 84.0 Å². The van der Waals surface area contributed by atoms with Gasteiger partial charge in [0, 0.05) is 201 Å². The van der Waals surface area contributed by atoms with Crippen LogP contribution in [-0.4, -0.2) is 286 Å². The summed E-state index contributed by atoms with van der Waals surface area (Å²) < 4.78 is 7.48. The minimum atomic E-state index is -1.32. The molecule has 3 saturated heterocycles. The zero-order chi connectivity index (χ0) is 83.2. The molecule has 3 aliphatic rings. The van der Waals surface area contributed by atoms with Gasteiger partial charge in [0.05, 0.1) is 42.1 Å². The first kappa shape index (κ1) is 89.1. The molecule has 35 heteroatoms. The van der Waals surface area contributed by atoms with Crippen LogP contribution in [-0.2, 0) is 46.7 Å². The number of aliphatic carboxylic acids is 4. The summed E-state index contributed by atoms with van der Waals surface area (Å²) in [6.07, 6.45) is 7.53. The summed E-state index contributed by atoms with van der Waals surface area (Å²) in [6, 6.07) is 18.8. The molecule has 0 aliphatic carbocycles. The Balaban J connectivity index is 0.0000144. The topological polar surface area (TPSA) is 442 Å². The predicted octanol–water partition coefficient (Wildman–Crippen LogP) is 6.59. The maximum absolute atomic E-state index is 15.0. The molecule has 0 bridgehead atoms. The Labute approximate surface area is 706 Å². The number of aromatic nitrogens is 8. The second-order valence-corrected chi connectivity index (χ2v) is 31.0. The number of aryl methyl sites for hydroxylation is 2. The molecular formula is C82H107LuN17O17. The molecule has 0 spiro atoms. The number of benzene rings is 4. The van der Waals surface area contributed by atoms with E-state index in [1.165, 1.54) is 12.1 Å². The van der Waals surface area contributed by atoms with E-state index in [-0.39, 0.29) is 209 Å². The Hall–Kier alpha value is -10.3. The third-order valence-electron chi connectivity index (χ3n) is 22.5. The van der Waals surface area contributed by atoms with Crippen LogP contribution in [0.3, 0.4) is 0 Å². The molecule has 7 heterocycles. The van der Waals surface area contributed by atoms with Crippen molar-refractivity contribution in [2.75, 3.05) is 111 Å². The van der Waals surface area contributed by atoms with Crippen molar-refractivity contribution in [1.29, 1.82) is 0 Å². The molecule has 11 rings (SSSR count). The molecule has 4 aromatic heterocycles. The molecular weight excluding hydrogens is 1670 g/mol. The quantitative estimate of drug-likeness (QED) is 0.0212. The number of phenolic OH excluding ortho intramolecular Hbond substituents is 4. The van der Waals surface area contributed by atoms with Gasteiger partial charge in [0.1, 0.15) is 35.1 Å². The third-order valence-corrected chi connectivity index (χ3v) is 22.5. The second-order valence-electron chi connectivity index (χ2n) is 31.0. The van der Waals surface area contributed by atoms with Gasteiger partial charge in [-0.05, 0) is 161 Å². The van der Waals surface area contributed by atoms with Gasteiger partial charge < -0.3 is 75.7 Å². The normalized spacial score (nSPS) is 16.0. The molecule has 1 radical (unpaired) electrons. The van der Waals surface area contributed by atoms with E-state index >= 15 is 0 Å². The van der Waals surface area contributed by atoms with Gasteiger partial charge in [0.25, 0.3) is 11.8 Å². The molecule has 637 valence electrons. The average Bonchev–Trinajstić information content (AvgIpc) is 1.66. The molecule has 2 atom stereocenters. The van der Waals surface area contributed by atoms with Crippen LogP contribution in [0.5, 0.6) is 23.0 Å². The standard InChI is InChI=1S/C82H107N17O17.Lu/c1-7-83-79(112)77-88-86-75(60-43-58(50(3)4)66(100)45-68(60)102)98(77)56-9-12-63-54(41-56)23-31-93(63)25-17-52-19-27-96(28-20-52)71(105)16-11-62(85-70(104)15-14-65(82(115)116)95-39-37-91(48-73(108)109)35-33-90(47-72(106)107)34-36-92(38-40-95)49-74(110)111)81(114)97-29-21-53(22-30-97)18-26-94-32-24-55-42-57(10-13-64(55)94)99-76(87-89-78(99)80(113)84-8-2)61-44-59(51(5)6)67(101)46-69(61)103;/h9-10,12-13,23-24,31-32,41-46,50-53,62,65,100-103H,7-8,11,14-22,25-30,33-40,47-49H2,1-6H3,(H,83,112)(H,84,113)(H,85,104)(H,106,107)(H,108,109)(H,110,111)(H,115,116);/t62-,65+;/m0./s1. The van der Waals surface area contributed by atoms with Crippen molar-refractivity contribution in [2.45, 2.75) is 143 Å². The van der Waals surface area contributed by atoms with Gasteiger partial charge in [-0.2, -0.15) is 0 Å². The van der Waals surface area contributed by atoms with Crippen LogP contribution >= 0.6 is 0 Å². The number of carbonyl (C=O) groups excluding carboxylic acids is 5. The van der Waals surface area contributed by atoms with Gasteiger partial charge in [-0.1, -0.05) is 27.7 Å². The van der Waals surface area contributed by atoms with Crippen LogP contribution in [0.1, 0.15) is 150 Å². The fraction of sp³-hybridized carbons (Fsp3) is 0.500. The fourth-order valence-corrected chi connectivity index (χ4v) is 16.1. The Morgan fingerprint density at radius 3 is 1.28 bits per heavy atom. The van der Waals surface area contributed by atoms with Crippen molar-refractivity contribution in [3.8, 4) is 57.1 Å². The zero-order valence-electron chi connectivity index (χ0n) is 66.8. The number of rotatable bonds is 32. The number of carbonyl (C=O) groups is 9. The van der Waals surface area contributed by atoms with Gasteiger partial charge in [-0.15, -0.1) is 20.4 Å². The van der Waals surface area contributed by atoms with Gasteiger partial charge >= 0.3 is 23.9 Å². The summed E-state index contributed by atoms with van der Waals surface area (Å²) in [5.74, 6) is -6.71. The predicted molar refractivity (Wildman–Crippen MR) is 429 cm³/mol. The minimum Gasteiger partial charge on any atom is -0.508 e. The van der Waals surface area contributed by atoms with Crippen LogP contribution in [0.15, 0.2) is 85.2 Å². The second kappa shape index (κ2) is 40.7. The summed E-state index contributed by atoms with van der Waals surface area (Å²) in [4.78, 5) is 130. The molecule has 117 heavy (non-hydrogen) atoms. The van der Waals surface area contributed by atoms with Gasteiger partial charge in [0.15, 0.2) is 11.6 Å². The Kier molecular flexibility index (Phi) is 31.0. The van der Waals surface area contributed by atoms with E-state index in [0.717, 1.165) is 47.5 Å². The van der Waals surface area contributed by atoms with Crippen molar-refractivity contribution in [3.63, 3.8) is 0 Å². The molecule has 0 unspecified atom stereocenters. The van der Waals surface area contributed by atoms with E-state index < -0.39 is 66.8 Å². The number of nitrogens with zero attached hydrogens (tertiary/aromatic N) is 14. The average molecular weight is 1780 g/mol. The Morgan fingerprint density at radius 2 is 0.889 bits per heavy atom. The number of fused-ring (bicyclic) bond motifs is 2. The number of hydrogen-bond acceptors (Lipinski definition) is 21. The largest absolute Gasteiger partial charge is 0.508 e. The van der Waals surface area contributed by atoms with Crippen molar-refractivity contribution >= 4 is 75.2 Å². The summed E-state index contributed by atoms with van der Waals surface area (Å²) in [5, 5.41) is 111. The maximum atomic E-state index is 15.0. The van der Waals surface area contributed by atoms with E-state index in [4.69, 9.17) is 0 Å². The summed E-state index contributed by atoms with van der Waals surface area (Å²) in [7, 11) is 0. The smallest absolute Gasteiger partial charge is 0.320 e. The van der Waals surface area contributed by atoms with Crippen molar-refractivity contribution < 1.29 is 121 Å². The van der Waals surface area contributed by atoms with Crippen molar-refractivity contribution in [2.24, 2.45) is 11.8 Å². The number of carboxylic acids is 4. The number of carboxylic acid groups (broad SMARTS) is 4. The number of hydrogen-bond donors (Lipinski definition) is 11. The fourth-order valence-electron chi connectivity index (χ4n) is 16.1. The maximum Gasteiger partial charge on any atom is 0.320 e. The summed E-state index contributed by atoms with van der Waals surface area (Å²) in [6.45, 7) is 14.2. The minimum absolute atomic E-state index is 0. The number of aromatic hydroxyl groups is 4. The molecule has 0 saturated carbocycles. The Morgan fingerprint density at radius 1 is 0.479 bits per heavy atom. The van der Waals surface area contributed by atoms with E-state index in [2.05, 4.69) is 45.5 Å². The molecule has 4 aromatic carbocycles. The molecule has 11 N–H and O–H groups in total. The number of piperidine rings is 2. The number of amides is 5. The van der Waals surface area contributed by atoms with Crippen LogP contribution in [0.2, 0.25) is 0 Å². The van der Waals surface area contributed by atoms with Crippen LogP contribution in [0.25, 0.3) is 56.0 Å². The van der Waals surface area contributed by atoms with Gasteiger partial charge in [-0.3, -0.25) is 71.9 Å². The SMILES string of the molecule is CCNC(=O)c1nnc(-c2cc(C(C)C)c(O)cc2O)n1-c1ccc2c(ccn2CCC2CCN(C(=O)CC[C@H](NC(=O)CC[C@H](C(=O)O)N3CCN(CC(=O)O)CCN(CC(=O)O)CCN(CC(=O)O)CC3)C(=O)N3CCC(CCn4ccc5cc(-n6c(C(=O)NCC)nnc6-c6cc(C(C)C)c(O)cc6O)ccc54)CC3)CC2)c1.[Lu]. The van der Waals surface area contributed by atoms with Crippen molar-refractivity contribution in [1.82, 2.24) is 84.0 Å². The monoisotopic (exact) mass is 1780 g/mol. The number of phenols is 4. The van der Waals surface area contributed by atoms with Crippen LogP contribution < -0.4 is 16.0 Å². The zero-order valence-corrected chi connectivity index (χ0v) is 68.5. The van der Waals surface area contributed by atoms with Crippen LogP contribution in [0.4, 0.5) is 0 Å². The molecule has 8 aromatic rings. The first-order chi connectivity index (χ1) is 55.6. The molecule has 3 fully saturated rings. The summed E-state index contributed by atoms with van der Waals surface area (Å²) >= 11 is 0. The van der Waals surface area contributed by atoms with Gasteiger partial charge in [-0.25, -0.2) is 0 Å². The van der Waals surface area contributed by atoms with Crippen LogP contribution in [0, 0.1) is 48.7 Å². The van der Waals surface area contributed by atoms with Crippen molar-refractivity contribution in [3.05, 3.63) is 108 Å².